The Hall–Kier alpha value is -6.99. The normalized spacial score (nSPS) is 11.9. The minimum atomic E-state index is 0.526. The smallest absolute Gasteiger partial charge is 0.165 e. The summed E-state index contributed by atoms with van der Waals surface area (Å²) in [4.78, 5) is 15.2. The summed E-state index contributed by atoms with van der Waals surface area (Å²) in [6, 6.07) is 54.3. The molecule has 0 aliphatic carbocycles. The Labute approximate surface area is 336 Å². The Morgan fingerprint density at radius 1 is 0.526 bits per heavy atom. The van der Waals surface area contributed by atoms with Crippen LogP contribution in [0.1, 0.15) is 5.82 Å². The van der Waals surface area contributed by atoms with Gasteiger partial charge in [-0.3, -0.25) is 0 Å². The molecule has 0 bridgehead atoms. The number of para-hydroxylation sites is 1. The summed E-state index contributed by atoms with van der Waals surface area (Å²) in [6.07, 6.45) is 5.47. The largest absolute Gasteiger partial charge is 0.309 e. The van der Waals surface area contributed by atoms with Gasteiger partial charge in [0.1, 0.15) is 0 Å². The molecular weight excluding hydrogens is 733 g/mol. The minimum Gasteiger partial charge on any atom is -0.309 e. The first kappa shape index (κ1) is 33.4. The SMILES string of the molecule is C=C/C=C\C(=C)c1nc(-c2ccccc2)nc(-c2cc(-c3cccc(-n4c5ccccc5c5c6sc7ccccc7c6ccc54)c3)cc3c2sc2ccccc23)n1. The van der Waals surface area contributed by atoms with E-state index in [-0.39, 0.29) is 0 Å². The van der Waals surface area contributed by atoms with E-state index >= 15 is 0 Å². The van der Waals surface area contributed by atoms with Gasteiger partial charge in [-0.05, 0) is 59.7 Å². The molecule has 11 aromatic rings. The lowest BCUT2D eigenvalue weighted by atomic mass is 9.98. The van der Waals surface area contributed by atoms with Gasteiger partial charge in [0.25, 0.3) is 0 Å². The third kappa shape index (κ3) is 5.45. The fourth-order valence-corrected chi connectivity index (χ4v) is 10.6. The van der Waals surface area contributed by atoms with Crippen molar-refractivity contribution in [3.63, 3.8) is 0 Å². The van der Waals surface area contributed by atoms with Crippen LogP contribution in [-0.2, 0) is 0 Å². The van der Waals surface area contributed by atoms with E-state index in [0.29, 0.717) is 23.0 Å². The summed E-state index contributed by atoms with van der Waals surface area (Å²) in [5.74, 6) is 1.73. The van der Waals surface area contributed by atoms with Gasteiger partial charge in [-0.15, -0.1) is 22.7 Å². The predicted molar refractivity (Wildman–Crippen MR) is 245 cm³/mol. The van der Waals surface area contributed by atoms with Crippen LogP contribution in [0.25, 0.3) is 107 Å². The second-order valence-electron chi connectivity index (χ2n) is 14.1. The molecular formula is C51H32N4S2. The average Bonchev–Trinajstić information content (AvgIpc) is 3.95. The van der Waals surface area contributed by atoms with Crippen molar-refractivity contribution in [1.29, 1.82) is 0 Å². The van der Waals surface area contributed by atoms with E-state index in [2.05, 4.69) is 139 Å². The molecule has 0 N–H and O–H groups in total. The zero-order valence-electron chi connectivity index (χ0n) is 30.7. The van der Waals surface area contributed by atoms with Crippen molar-refractivity contribution in [2.45, 2.75) is 0 Å². The van der Waals surface area contributed by atoms with Gasteiger partial charge in [0.15, 0.2) is 17.5 Å². The fourth-order valence-electron chi connectivity index (χ4n) is 8.11. The van der Waals surface area contributed by atoms with E-state index in [4.69, 9.17) is 15.0 Å². The number of nitrogens with zero attached hydrogens (tertiary/aromatic N) is 4. The maximum atomic E-state index is 5.15. The van der Waals surface area contributed by atoms with Crippen molar-refractivity contribution in [2.75, 3.05) is 0 Å². The summed E-state index contributed by atoms with van der Waals surface area (Å²) < 4.78 is 7.41. The topological polar surface area (TPSA) is 43.6 Å². The van der Waals surface area contributed by atoms with Crippen LogP contribution in [0.4, 0.5) is 0 Å². The highest BCUT2D eigenvalue weighted by Gasteiger charge is 2.20. The molecule has 4 heterocycles. The first-order chi connectivity index (χ1) is 28.1. The molecule has 0 unspecified atom stereocenters. The standard InChI is InChI=1S/C51H32N4S2/c1-3-4-15-31(2)49-52-50(32-16-6-5-7-17-32)54-51(53-49)41-30-34(29-40-37-21-10-13-25-45(37)56-47(40)41)33-18-14-19-35(28-33)55-42-23-11-8-22-39(42)46-43(55)27-26-38-36-20-9-12-24-44(36)57-48(38)46/h3-30H,1-2H2/b15-4-. The molecule has 11 rings (SSSR count). The highest BCUT2D eigenvalue weighted by Crippen LogP contribution is 2.45. The fraction of sp³-hybridized carbons (Fsp3) is 0. The molecule has 0 aliphatic heterocycles. The van der Waals surface area contributed by atoms with E-state index in [0.717, 1.165) is 32.6 Å². The van der Waals surface area contributed by atoms with E-state index < -0.39 is 0 Å². The average molecular weight is 765 g/mol. The number of thiophene rings is 2. The zero-order valence-corrected chi connectivity index (χ0v) is 32.3. The molecule has 0 spiro atoms. The van der Waals surface area contributed by atoms with Gasteiger partial charge in [-0.1, -0.05) is 135 Å². The Balaban J connectivity index is 1.14. The molecule has 6 heteroatoms. The molecule has 0 atom stereocenters. The van der Waals surface area contributed by atoms with Crippen LogP contribution in [0.2, 0.25) is 0 Å². The molecule has 4 aromatic heterocycles. The summed E-state index contributed by atoms with van der Waals surface area (Å²) in [5, 5.41) is 7.55. The quantitative estimate of drug-likeness (QED) is 0.152. The molecule has 0 aliphatic rings. The van der Waals surface area contributed by atoms with Crippen molar-refractivity contribution >= 4 is 90.4 Å². The first-order valence-corrected chi connectivity index (χ1v) is 20.5. The zero-order chi connectivity index (χ0) is 38.0. The Morgan fingerprint density at radius 3 is 2.02 bits per heavy atom. The van der Waals surface area contributed by atoms with Gasteiger partial charge in [-0.25, -0.2) is 15.0 Å². The summed E-state index contributed by atoms with van der Waals surface area (Å²) >= 11 is 3.65. The van der Waals surface area contributed by atoms with Crippen LogP contribution in [0.5, 0.6) is 0 Å². The molecule has 0 radical (unpaired) electrons. The molecule has 0 amide bonds. The summed E-state index contributed by atoms with van der Waals surface area (Å²) in [6.45, 7) is 8.15. The van der Waals surface area contributed by atoms with Crippen molar-refractivity contribution in [3.05, 3.63) is 189 Å². The van der Waals surface area contributed by atoms with E-state index in [1.165, 1.54) is 57.5 Å². The number of benzene rings is 7. The molecule has 4 nitrogen and oxygen atoms in total. The monoisotopic (exact) mass is 764 g/mol. The maximum absolute atomic E-state index is 5.15. The number of aromatic nitrogens is 4. The van der Waals surface area contributed by atoms with Crippen LogP contribution in [0.15, 0.2) is 183 Å². The number of hydrogen-bond donors (Lipinski definition) is 0. The van der Waals surface area contributed by atoms with Crippen LogP contribution < -0.4 is 0 Å². The van der Waals surface area contributed by atoms with Gasteiger partial charge >= 0.3 is 0 Å². The van der Waals surface area contributed by atoms with Crippen molar-refractivity contribution in [3.8, 4) is 39.6 Å². The summed E-state index contributed by atoms with van der Waals surface area (Å²) in [5.41, 5.74) is 8.25. The van der Waals surface area contributed by atoms with Crippen LogP contribution in [0.3, 0.4) is 0 Å². The Bertz CT molecular complexity index is 3460. The van der Waals surface area contributed by atoms with Crippen molar-refractivity contribution in [2.24, 2.45) is 0 Å². The van der Waals surface area contributed by atoms with Gasteiger partial charge < -0.3 is 4.57 Å². The minimum absolute atomic E-state index is 0.526. The van der Waals surface area contributed by atoms with E-state index in [9.17, 15) is 0 Å². The third-order valence-electron chi connectivity index (χ3n) is 10.7. The van der Waals surface area contributed by atoms with Crippen molar-refractivity contribution < 1.29 is 0 Å². The third-order valence-corrected chi connectivity index (χ3v) is 13.1. The number of fused-ring (bicyclic) bond motifs is 10. The van der Waals surface area contributed by atoms with Gasteiger partial charge in [0, 0.05) is 73.5 Å². The lowest BCUT2D eigenvalue weighted by molar-refractivity contribution is 1.04. The van der Waals surface area contributed by atoms with Gasteiger partial charge in [-0.2, -0.15) is 0 Å². The number of hydrogen-bond acceptors (Lipinski definition) is 5. The van der Waals surface area contributed by atoms with Crippen LogP contribution in [-0.4, -0.2) is 19.5 Å². The number of allylic oxidation sites excluding steroid dienone is 4. The van der Waals surface area contributed by atoms with E-state index in [1.54, 1.807) is 17.4 Å². The van der Waals surface area contributed by atoms with Crippen LogP contribution in [0, 0.1) is 0 Å². The molecule has 0 fully saturated rings. The van der Waals surface area contributed by atoms with Crippen molar-refractivity contribution in [1.82, 2.24) is 19.5 Å². The highest BCUT2D eigenvalue weighted by atomic mass is 32.1. The van der Waals surface area contributed by atoms with Gasteiger partial charge in [0.2, 0.25) is 0 Å². The van der Waals surface area contributed by atoms with Gasteiger partial charge in [0.05, 0.1) is 11.0 Å². The lowest BCUT2D eigenvalue weighted by Crippen LogP contribution is -2.02. The van der Waals surface area contributed by atoms with E-state index in [1.807, 2.05) is 53.8 Å². The highest BCUT2D eigenvalue weighted by molar-refractivity contribution is 7.27. The summed E-state index contributed by atoms with van der Waals surface area (Å²) in [7, 11) is 0. The predicted octanol–water partition coefficient (Wildman–Crippen LogP) is 14.5. The maximum Gasteiger partial charge on any atom is 0.165 e. The Kier molecular flexibility index (Phi) is 7.81. The molecule has 57 heavy (non-hydrogen) atoms. The second kappa shape index (κ2) is 13.3. The lowest BCUT2D eigenvalue weighted by Gasteiger charge is -2.13. The first-order valence-electron chi connectivity index (χ1n) is 18.8. The number of rotatable bonds is 7. The molecule has 268 valence electrons. The van der Waals surface area contributed by atoms with Crippen LogP contribution >= 0.6 is 22.7 Å². The molecule has 0 saturated heterocycles. The molecule has 7 aromatic carbocycles. The second-order valence-corrected chi connectivity index (χ2v) is 16.2. The Morgan fingerprint density at radius 2 is 1.21 bits per heavy atom. The molecule has 0 saturated carbocycles.